The molecule has 0 saturated heterocycles. The van der Waals surface area contributed by atoms with E-state index in [2.05, 4.69) is 91.5 Å². The summed E-state index contributed by atoms with van der Waals surface area (Å²) in [5, 5.41) is 3.14. The molecule has 5 rings (SSSR count). The second-order valence-corrected chi connectivity index (χ2v) is 11.6. The van der Waals surface area contributed by atoms with Crippen LogP contribution in [0.5, 0.6) is 0 Å². The molecule has 0 bridgehead atoms. The molecule has 2 aliphatic carbocycles. The summed E-state index contributed by atoms with van der Waals surface area (Å²) >= 11 is 1.59. The van der Waals surface area contributed by atoms with E-state index in [0.29, 0.717) is 3.63 Å². The molecule has 2 unspecified atom stereocenters. The van der Waals surface area contributed by atoms with Crippen molar-refractivity contribution in [2.45, 2.75) is 16.6 Å². The Hall–Kier alpha value is -1.18. The van der Waals surface area contributed by atoms with Crippen molar-refractivity contribution >= 4 is 24.7 Å². The van der Waals surface area contributed by atoms with Crippen molar-refractivity contribution in [1.29, 1.82) is 0 Å². The second kappa shape index (κ2) is 9.31. The van der Waals surface area contributed by atoms with Crippen molar-refractivity contribution in [3.05, 3.63) is 102 Å². The number of allylic oxidation sites excluding steroid dienone is 4. The Morgan fingerprint density at radius 3 is 2.31 bits per heavy atom. The van der Waals surface area contributed by atoms with Crippen LogP contribution in [0.25, 0.3) is 16.7 Å². The van der Waals surface area contributed by atoms with Crippen LogP contribution in [0.4, 0.5) is 0 Å². The Kier molecular flexibility index (Phi) is 7.23. The van der Waals surface area contributed by atoms with E-state index in [1.165, 1.54) is 27.5 Å². The number of halogens is 2. The molecule has 2 atom stereocenters. The second-order valence-electron chi connectivity index (χ2n) is 7.47. The van der Waals surface area contributed by atoms with Crippen molar-refractivity contribution in [3.63, 3.8) is 0 Å². The molecule has 0 fully saturated rings. The maximum Gasteiger partial charge on any atom is -1.00 e. The summed E-state index contributed by atoms with van der Waals surface area (Å²) in [4.78, 5) is 0. The van der Waals surface area contributed by atoms with Crippen molar-refractivity contribution in [2.24, 2.45) is 0 Å². The van der Waals surface area contributed by atoms with E-state index in [9.17, 15) is 0 Å². The summed E-state index contributed by atoms with van der Waals surface area (Å²) in [6.45, 7) is 2.49. The number of hydrogen-bond acceptors (Lipinski definition) is 0. The third kappa shape index (κ3) is 3.81. The third-order valence-electron chi connectivity index (χ3n) is 5.99. The average molecular weight is 512 g/mol. The molecule has 0 radical (unpaired) electrons. The molecule has 0 spiro atoms. The van der Waals surface area contributed by atoms with Gasteiger partial charge in [-0.1, -0.05) is 0 Å². The number of rotatable bonds is 3. The topological polar surface area (TPSA) is 0 Å². The van der Waals surface area contributed by atoms with Crippen LogP contribution in [-0.4, -0.2) is 8.80 Å². The largest absolute Gasteiger partial charge is 1.00 e. The Morgan fingerprint density at radius 1 is 0.862 bits per heavy atom. The molecule has 0 nitrogen and oxygen atoms in total. The van der Waals surface area contributed by atoms with Gasteiger partial charge in [-0.15, -0.1) is 0 Å². The predicted octanol–water partition coefficient (Wildman–Crippen LogP) is -1.37. The molecule has 0 saturated carbocycles. The van der Waals surface area contributed by atoms with Gasteiger partial charge in [0.15, 0.2) is 0 Å². The molecule has 0 aliphatic heterocycles. The van der Waals surface area contributed by atoms with Crippen molar-refractivity contribution in [3.8, 4) is 11.1 Å². The molecule has 3 aromatic carbocycles. The number of hydrogen-bond donors (Lipinski definition) is 0. The monoisotopic (exact) mass is 509 g/mol. The Balaban J connectivity index is 0.00000120. The fourth-order valence-electron chi connectivity index (χ4n) is 4.59. The van der Waals surface area contributed by atoms with Crippen LogP contribution in [0.2, 0.25) is 6.55 Å². The third-order valence-corrected chi connectivity index (χ3v) is 10.3. The zero-order valence-corrected chi connectivity index (χ0v) is 21.3. The first-order valence-electron chi connectivity index (χ1n) is 9.64. The van der Waals surface area contributed by atoms with E-state index < -0.39 is 8.80 Å². The fraction of sp³-hybridized carbons (Fsp3) is 0.120. The predicted molar refractivity (Wildman–Crippen MR) is 114 cm³/mol. The molecule has 0 N–H and O–H groups in total. The van der Waals surface area contributed by atoms with Crippen LogP contribution in [0.15, 0.2) is 85.0 Å². The maximum atomic E-state index is 2.49. The summed E-state index contributed by atoms with van der Waals surface area (Å²) in [6.07, 6.45) is 7.94. The minimum absolute atomic E-state index is 0. The van der Waals surface area contributed by atoms with Crippen LogP contribution in [0.1, 0.15) is 26.7 Å². The summed E-state index contributed by atoms with van der Waals surface area (Å²) < 4.78 is 0.553. The molecule has 0 aromatic heterocycles. The quantitative estimate of drug-likeness (QED) is 0.381. The van der Waals surface area contributed by atoms with Crippen LogP contribution in [0, 0.1) is 0 Å². The number of fused-ring (bicyclic) bond motifs is 3. The molecule has 29 heavy (non-hydrogen) atoms. The van der Waals surface area contributed by atoms with Crippen molar-refractivity contribution in [2.75, 3.05) is 0 Å². The van der Waals surface area contributed by atoms with E-state index in [-0.39, 0.29) is 24.8 Å². The minimum atomic E-state index is -1.23. The van der Waals surface area contributed by atoms with E-state index in [1.807, 2.05) is 0 Å². The summed E-state index contributed by atoms with van der Waals surface area (Å²) in [6, 6.07) is 25.0. The first-order valence-corrected chi connectivity index (χ1v) is 13.4. The Bertz CT molecular complexity index is 1090. The van der Waals surface area contributed by atoms with Gasteiger partial charge in [-0.2, -0.15) is 0 Å². The zero-order chi connectivity index (χ0) is 18.4. The first-order chi connectivity index (χ1) is 13.3. The van der Waals surface area contributed by atoms with E-state index in [1.54, 1.807) is 41.0 Å². The fourth-order valence-corrected chi connectivity index (χ4v) is 8.27. The van der Waals surface area contributed by atoms with Crippen LogP contribution < -0.4 is 35.2 Å². The molecule has 0 amide bonds. The van der Waals surface area contributed by atoms with Gasteiger partial charge < -0.3 is 24.8 Å². The molecule has 4 heteroatoms. The number of benzene rings is 3. The maximum absolute atomic E-state index is 2.49. The van der Waals surface area contributed by atoms with Gasteiger partial charge in [0.1, 0.15) is 0 Å². The standard InChI is InChI=1S/C25H21Si.2ClH.Zr/c1-26(20-12-3-2-4-13-20)24-16-15-22-21-14-8-7-11-19(21)17-23(22)25(24)18-9-5-6-10-18;;;/h2-9,11-17,26H,10H2,1H3;2*1H;/q;;;+2/p-2. The molecular formula is C25H21Cl2SiZr. The zero-order valence-electron chi connectivity index (χ0n) is 16.2. The Morgan fingerprint density at radius 2 is 1.59 bits per heavy atom. The minimum Gasteiger partial charge on any atom is -1.00 e. The molecule has 2 aliphatic rings. The normalized spacial score (nSPS) is 16.9. The molecular weight excluding hydrogens is 490 g/mol. The van der Waals surface area contributed by atoms with E-state index >= 15 is 0 Å². The van der Waals surface area contributed by atoms with Crippen LogP contribution in [-0.2, 0) is 24.7 Å². The molecule has 3 aromatic rings. The van der Waals surface area contributed by atoms with E-state index in [0.717, 1.165) is 6.42 Å². The van der Waals surface area contributed by atoms with Crippen LogP contribution in [0.3, 0.4) is 0 Å². The van der Waals surface area contributed by atoms with Gasteiger partial charge in [-0.05, 0) is 0 Å². The summed E-state index contributed by atoms with van der Waals surface area (Å²) in [5.74, 6) is 0. The van der Waals surface area contributed by atoms with Crippen molar-refractivity contribution in [1.82, 2.24) is 0 Å². The van der Waals surface area contributed by atoms with Gasteiger partial charge in [0, 0.05) is 0 Å². The summed E-state index contributed by atoms with van der Waals surface area (Å²) in [5.41, 5.74) is 9.11. The van der Waals surface area contributed by atoms with Gasteiger partial charge in [0.05, 0.1) is 0 Å². The van der Waals surface area contributed by atoms with Crippen molar-refractivity contribution < 1.29 is 49.5 Å². The smallest absolute Gasteiger partial charge is 1.00 e. The SMILES string of the molecule is C[SiH](c1ccccc1)c1ccc2c(c1C1=CC=CC1)[CH]([Zr+2])c1ccccc1-2.[Cl-].[Cl-]. The molecule has 0 heterocycles. The Labute approximate surface area is 202 Å². The van der Waals surface area contributed by atoms with Gasteiger partial charge in [-0.3, -0.25) is 0 Å². The van der Waals surface area contributed by atoms with Crippen LogP contribution >= 0.6 is 0 Å². The molecule has 143 valence electrons. The van der Waals surface area contributed by atoms with Gasteiger partial charge in [0.2, 0.25) is 0 Å². The first kappa shape index (κ1) is 22.5. The summed E-state index contributed by atoms with van der Waals surface area (Å²) in [7, 11) is -1.23. The van der Waals surface area contributed by atoms with E-state index in [4.69, 9.17) is 0 Å². The van der Waals surface area contributed by atoms with Gasteiger partial charge >= 0.3 is 179 Å². The average Bonchev–Trinajstić information content (AvgIpc) is 3.35. The van der Waals surface area contributed by atoms with Gasteiger partial charge in [-0.25, -0.2) is 0 Å². The van der Waals surface area contributed by atoms with Gasteiger partial charge in [0.25, 0.3) is 0 Å².